The first-order valence-corrected chi connectivity index (χ1v) is 4.38. The summed E-state index contributed by atoms with van der Waals surface area (Å²) in [5.41, 5.74) is 2.08. The molecule has 1 rings (SSSR count). The fourth-order valence-electron chi connectivity index (χ4n) is 1.14. The molecule has 0 aromatic carbocycles. The van der Waals surface area contributed by atoms with Gasteiger partial charge in [-0.3, -0.25) is 4.79 Å². The van der Waals surface area contributed by atoms with Crippen molar-refractivity contribution in [2.45, 2.75) is 26.7 Å². The van der Waals surface area contributed by atoms with E-state index in [2.05, 4.69) is 12.2 Å². The number of rotatable bonds is 2. The van der Waals surface area contributed by atoms with Crippen molar-refractivity contribution < 1.29 is 4.79 Å². The van der Waals surface area contributed by atoms with Crippen LogP contribution in [0.5, 0.6) is 0 Å². The van der Waals surface area contributed by atoms with E-state index in [1.54, 1.807) is 0 Å². The minimum absolute atomic E-state index is 0.195. The Morgan fingerprint density at radius 2 is 2.33 bits per heavy atom. The zero-order valence-electron chi connectivity index (χ0n) is 7.68. The molecule has 0 spiro atoms. The Labute approximate surface area is 73.4 Å². The maximum absolute atomic E-state index is 11.3. The number of nitrogens with one attached hydrogen (secondary N) is 1. The van der Waals surface area contributed by atoms with Crippen molar-refractivity contribution in [3.63, 3.8) is 0 Å². The van der Waals surface area contributed by atoms with Crippen LogP contribution in [0.15, 0.2) is 23.4 Å². The largest absolute Gasteiger partial charge is 0.382 e. The van der Waals surface area contributed by atoms with Crippen LogP contribution in [0, 0.1) is 0 Å². The normalized spacial score (nSPS) is 17.2. The molecule has 0 bridgehead atoms. The Bertz CT molecular complexity index is 238. The summed E-state index contributed by atoms with van der Waals surface area (Å²) in [7, 11) is 0. The molecule has 0 atom stereocenters. The number of hydrogen-bond donors (Lipinski definition) is 1. The lowest BCUT2D eigenvalue weighted by Gasteiger charge is -2.05. The van der Waals surface area contributed by atoms with Gasteiger partial charge in [-0.05, 0) is 19.4 Å². The molecule has 0 aromatic rings. The molecule has 0 aromatic heterocycles. The zero-order valence-corrected chi connectivity index (χ0v) is 7.68. The second-order valence-corrected chi connectivity index (χ2v) is 3.05. The molecular formula is C10H15NO. The Morgan fingerprint density at radius 1 is 1.58 bits per heavy atom. The van der Waals surface area contributed by atoms with Crippen molar-refractivity contribution in [1.82, 2.24) is 5.32 Å². The van der Waals surface area contributed by atoms with Crippen LogP contribution in [0.3, 0.4) is 0 Å². The summed E-state index contributed by atoms with van der Waals surface area (Å²) in [5.74, 6) is 0.195. The Kier molecular flexibility index (Phi) is 3.09. The second-order valence-electron chi connectivity index (χ2n) is 3.05. The molecule has 0 radical (unpaired) electrons. The van der Waals surface area contributed by atoms with Gasteiger partial charge in [0.15, 0.2) is 5.78 Å². The number of carbonyl (C=O) groups is 1. The van der Waals surface area contributed by atoms with Crippen LogP contribution < -0.4 is 5.32 Å². The first-order chi connectivity index (χ1) is 5.74. The molecule has 0 fully saturated rings. The maximum atomic E-state index is 11.3. The minimum Gasteiger partial charge on any atom is -0.382 e. The highest BCUT2D eigenvalue weighted by Gasteiger charge is 2.07. The molecular weight excluding hydrogens is 150 g/mol. The number of ketones is 1. The summed E-state index contributed by atoms with van der Waals surface area (Å²) in [6.45, 7) is 4.84. The highest BCUT2D eigenvalue weighted by molar-refractivity contribution is 5.94. The van der Waals surface area contributed by atoms with E-state index in [1.165, 1.54) is 5.57 Å². The molecule has 0 saturated carbocycles. The van der Waals surface area contributed by atoms with E-state index in [0.29, 0.717) is 6.42 Å². The average Bonchev–Trinajstić information content (AvgIpc) is 2.29. The van der Waals surface area contributed by atoms with Crippen LogP contribution >= 0.6 is 0 Å². The van der Waals surface area contributed by atoms with Crippen LogP contribution in [-0.2, 0) is 4.79 Å². The summed E-state index contributed by atoms with van der Waals surface area (Å²) in [6, 6.07) is 0. The standard InChI is InChI=1S/C10H15NO/c1-3-10(12)9-5-4-8(2)6-7-11-9/h4-5,11H,3,6-7H2,1-2H3. The van der Waals surface area contributed by atoms with Crippen LogP contribution in [-0.4, -0.2) is 12.3 Å². The third-order valence-corrected chi connectivity index (χ3v) is 1.99. The van der Waals surface area contributed by atoms with Gasteiger partial charge >= 0.3 is 0 Å². The van der Waals surface area contributed by atoms with Crippen LogP contribution in [0.2, 0.25) is 0 Å². The number of Topliss-reactive ketones (excluding diaryl/α,β-unsaturated/α-hetero) is 1. The van der Waals surface area contributed by atoms with Gasteiger partial charge in [-0.25, -0.2) is 0 Å². The molecule has 0 aliphatic carbocycles. The predicted molar refractivity (Wildman–Crippen MR) is 49.8 cm³/mol. The molecule has 2 nitrogen and oxygen atoms in total. The Morgan fingerprint density at radius 3 is 3.00 bits per heavy atom. The molecule has 0 amide bonds. The molecule has 1 aliphatic rings. The third-order valence-electron chi connectivity index (χ3n) is 1.99. The van der Waals surface area contributed by atoms with Gasteiger partial charge in [0.25, 0.3) is 0 Å². The second kappa shape index (κ2) is 4.10. The van der Waals surface area contributed by atoms with Gasteiger partial charge < -0.3 is 5.32 Å². The van der Waals surface area contributed by atoms with E-state index < -0.39 is 0 Å². The topological polar surface area (TPSA) is 29.1 Å². The lowest BCUT2D eigenvalue weighted by atomic mass is 10.2. The van der Waals surface area contributed by atoms with Crippen molar-refractivity contribution in [3.8, 4) is 0 Å². The quantitative estimate of drug-likeness (QED) is 0.676. The summed E-state index contributed by atoms with van der Waals surface area (Å²) in [5, 5.41) is 3.12. The van der Waals surface area contributed by atoms with Crippen molar-refractivity contribution in [2.24, 2.45) is 0 Å². The van der Waals surface area contributed by atoms with Crippen molar-refractivity contribution in [1.29, 1.82) is 0 Å². The number of allylic oxidation sites excluding steroid dienone is 3. The van der Waals surface area contributed by atoms with Crippen molar-refractivity contribution in [2.75, 3.05) is 6.54 Å². The van der Waals surface area contributed by atoms with Gasteiger partial charge in [-0.15, -0.1) is 0 Å². The monoisotopic (exact) mass is 165 g/mol. The SMILES string of the molecule is CCC(=O)C1=CC=C(C)CCN1. The molecule has 1 aliphatic heterocycles. The van der Waals surface area contributed by atoms with Gasteiger partial charge in [-0.1, -0.05) is 18.6 Å². The van der Waals surface area contributed by atoms with Gasteiger partial charge in [0.1, 0.15) is 0 Å². The molecule has 0 unspecified atom stereocenters. The van der Waals surface area contributed by atoms with E-state index in [0.717, 1.165) is 18.7 Å². The maximum Gasteiger partial charge on any atom is 0.178 e. The fourth-order valence-corrected chi connectivity index (χ4v) is 1.14. The fraction of sp³-hybridized carbons (Fsp3) is 0.500. The highest BCUT2D eigenvalue weighted by atomic mass is 16.1. The number of carbonyl (C=O) groups excluding carboxylic acids is 1. The molecule has 2 heteroatoms. The van der Waals surface area contributed by atoms with Crippen LogP contribution in [0.25, 0.3) is 0 Å². The highest BCUT2D eigenvalue weighted by Crippen LogP contribution is 2.06. The van der Waals surface area contributed by atoms with Crippen LogP contribution in [0.4, 0.5) is 0 Å². The van der Waals surface area contributed by atoms with Crippen LogP contribution in [0.1, 0.15) is 26.7 Å². The summed E-state index contributed by atoms with van der Waals surface area (Å²) < 4.78 is 0. The van der Waals surface area contributed by atoms with E-state index >= 15 is 0 Å². The molecule has 12 heavy (non-hydrogen) atoms. The third kappa shape index (κ3) is 2.22. The molecule has 0 saturated heterocycles. The van der Waals surface area contributed by atoms with Gasteiger partial charge in [-0.2, -0.15) is 0 Å². The zero-order chi connectivity index (χ0) is 8.97. The summed E-state index contributed by atoms with van der Waals surface area (Å²) >= 11 is 0. The first-order valence-electron chi connectivity index (χ1n) is 4.38. The van der Waals surface area contributed by atoms with E-state index in [1.807, 2.05) is 19.1 Å². The predicted octanol–water partition coefficient (Wildman–Crippen LogP) is 1.79. The smallest absolute Gasteiger partial charge is 0.178 e. The van der Waals surface area contributed by atoms with E-state index in [9.17, 15) is 4.79 Å². The van der Waals surface area contributed by atoms with E-state index in [4.69, 9.17) is 0 Å². The summed E-state index contributed by atoms with van der Waals surface area (Å²) in [4.78, 5) is 11.3. The van der Waals surface area contributed by atoms with Crippen molar-refractivity contribution >= 4 is 5.78 Å². The van der Waals surface area contributed by atoms with Gasteiger partial charge in [0.05, 0.1) is 5.70 Å². The van der Waals surface area contributed by atoms with Crippen molar-refractivity contribution in [3.05, 3.63) is 23.4 Å². The molecule has 1 heterocycles. The molecule has 66 valence electrons. The number of hydrogen-bond acceptors (Lipinski definition) is 2. The van der Waals surface area contributed by atoms with Gasteiger partial charge in [0, 0.05) is 13.0 Å². The first kappa shape index (κ1) is 9.04. The Balaban J connectivity index is 2.71. The average molecular weight is 165 g/mol. The lowest BCUT2D eigenvalue weighted by Crippen LogP contribution is -2.20. The Hall–Kier alpha value is -1.05. The minimum atomic E-state index is 0.195. The lowest BCUT2D eigenvalue weighted by molar-refractivity contribution is -0.115. The van der Waals surface area contributed by atoms with E-state index in [-0.39, 0.29) is 5.78 Å². The molecule has 1 N–H and O–H groups in total. The summed E-state index contributed by atoms with van der Waals surface area (Å²) in [6.07, 6.45) is 5.50. The van der Waals surface area contributed by atoms with Gasteiger partial charge in [0.2, 0.25) is 0 Å².